The molecule has 0 atom stereocenters. The van der Waals surface area contributed by atoms with E-state index >= 15 is 0 Å². The van der Waals surface area contributed by atoms with E-state index in [1.54, 1.807) is 25.4 Å². The zero-order valence-electron chi connectivity index (χ0n) is 18.0. The lowest BCUT2D eigenvalue weighted by Gasteiger charge is -2.36. The molecule has 1 aromatic heterocycles. The third-order valence-corrected chi connectivity index (χ3v) is 5.27. The molecule has 0 spiro atoms. The third-order valence-electron chi connectivity index (χ3n) is 5.27. The van der Waals surface area contributed by atoms with Crippen molar-refractivity contribution >= 4 is 17.4 Å². The number of pyridine rings is 1. The van der Waals surface area contributed by atoms with Gasteiger partial charge >= 0.3 is 5.91 Å². The Kier molecular flexibility index (Phi) is 7.25. The van der Waals surface area contributed by atoms with E-state index in [0.29, 0.717) is 17.9 Å². The number of hydroxylamine groups is 3. The molecule has 1 aliphatic rings. The van der Waals surface area contributed by atoms with E-state index in [4.69, 9.17) is 4.74 Å². The van der Waals surface area contributed by atoms with Gasteiger partial charge < -0.3 is 20.2 Å². The first-order valence-electron chi connectivity index (χ1n) is 10.3. The van der Waals surface area contributed by atoms with Crippen LogP contribution in [0, 0.1) is 5.21 Å². The highest BCUT2D eigenvalue weighted by atomic mass is 16.6. The van der Waals surface area contributed by atoms with Crippen LogP contribution in [-0.4, -0.2) is 80.9 Å². The molecule has 30 heavy (non-hydrogen) atoms. The van der Waals surface area contributed by atoms with Crippen LogP contribution in [-0.2, 0) is 0 Å². The van der Waals surface area contributed by atoms with Crippen LogP contribution in [0.1, 0.15) is 16.8 Å². The summed E-state index contributed by atoms with van der Waals surface area (Å²) in [5, 5.41) is 15.2. The summed E-state index contributed by atoms with van der Waals surface area (Å²) in [6.07, 6.45) is 2.55. The topological polar surface area (TPSA) is 80.8 Å². The summed E-state index contributed by atoms with van der Waals surface area (Å²) in [6.45, 7) is 5.56. The maximum Gasteiger partial charge on any atom is 0.349 e. The molecule has 1 saturated heterocycles. The average Bonchev–Trinajstić information content (AvgIpc) is 2.76. The van der Waals surface area contributed by atoms with Crippen molar-refractivity contribution in [2.45, 2.75) is 6.42 Å². The first-order chi connectivity index (χ1) is 14.4. The van der Waals surface area contributed by atoms with Crippen molar-refractivity contribution in [3.8, 4) is 5.75 Å². The zero-order chi connectivity index (χ0) is 21.6. The second-order valence-electron chi connectivity index (χ2n) is 7.84. The molecule has 0 aliphatic carbocycles. The van der Waals surface area contributed by atoms with E-state index in [1.165, 1.54) is 14.1 Å². The summed E-state index contributed by atoms with van der Waals surface area (Å²) in [4.78, 5) is 21.4. The van der Waals surface area contributed by atoms with Gasteiger partial charge in [-0.2, -0.15) is 0 Å². The van der Waals surface area contributed by atoms with Gasteiger partial charge in [0, 0.05) is 38.9 Å². The number of hydrogen-bond donors (Lipinski definition) is 1. The molecule has 3 rings (SSSR count). The van der Waals surface area contributed by atoms with Crippen LogP contribution in [0.3, 0.4) is 0 Å². The SMILES string of the molecule is COc1ccccc1N1CCN(CCCNc2ncccc2C(=O)[N+](C)(C)[O-])CC1. The molecule has 2 aromatic rings. The highest BCUT2D eigenvalue weighted by Crippen LogP contribution is 2.28. The maximum atomic E-state index is 12.3. The molecule has 1 amide bonds. The van der Waals surface area contributed by atoms with Gasteiger partial charge in [0.05, 0.1) is 26.9 Å². The van der Waals surface area contributed by atoms with Crippen LogP contribution in [0.4, 0.5) is 11.5 Å². The van der Waals surface area contributed by atoms with Crippen molar-refractivity contribution in [1.29, 1.82) is 0 Å². The minimum Gasteiger partial charge on any atom is -0.625 e. The number of carbonyl (C=O) groups is 1. The van der Waals surface area contributed by atoms with Gasteiger partial charge in [-0.1, -0.05) is 12.1 Å². The fourth-order valence-corrected chi connectivity index (χ4v) is 3.62. The van der Waals surface area contributed by atoms with Crippen LogP contribution in [0.2, 0.25) is 0 Å². The maximum absolute atomic E-state index is 12.3. The molecule has 0 bridgehead atoms. The van der Waals surface area contributed by atoms with Gasteiger partial charge in [-0.3, -0.25) is 9.55 Å². The number of nitrogens with one attached hydrogen (secondary N) is 1. The number of quaternary nitrogens is 1. The molecule has 0 saturated carbocycles. The van der Waals surface area contributed by atoms with Gasteiger partial charge in [-0.25, -0.2) is 9.78 Å². The molecule has 1 aromatic carbocycles. The smallest absolute Gasteiger partial charge is 0.349 e. The van der Waals surface area contributed by atoms with Crippen LogP contribution < -0.4 is 15.0 Å². The molecule has 1 aliphatic heterocycles. The number of nitrogens with zero attached hydrogens (tertiary/aromatic N) is 4. The Balaban J connectivity index is 1.45. The van der Waals surface area contributed by atoms with Gasteiger partial charge in [0.15, 0.2) is 0 Å². The van der Waals surface area contributed by atoms with Crippen molar-refractivity contribution in [1.82, 2.24) is 9.88 Å². The predicted molar refractivity (Wildman–Crippen MR) is 119 cm³/mol. The monoisotopic (exact) mass is 413 g/mol. The highest BCUT2D eigenvalue weighted by molar-refractivity contribution is 5.94. The molecule has 1 fully saturated rings. The van der Waals surface area contributed by atoms with E-state index < -0.39 is 10.6 Å². The summed E-state index contributed by atoms with van der Waals surface area (Å²) < 4.78 is 4.48. The number of para-hydroxylation sites is 2. The number of ether oxygens (including phenoxy) is 1. The lowest BCUT2D eigenvalue weighted by atomic mass is 10.2. The number of carbonyl (C=O) groups excluding carboxylic acids is 1. The van der Waals surface area contributed by atoms with E-state index in [2.05, 4.69) is 26.2 Å². The molecule has 0 radical (unpaired) electrons. The van der Waals surface area contributed by atoms with Crippen LogP contribution in [0.15, 0.2) is 42.6 Å². The van der Waals surface area contributed by atoms with Crippen LogP contribution >= 0.6 is 0 Å². The lowest BCUT2D eigenvalue weighted by molar-refractivity contribution is -0.752. The largest absolute Gasteiger partial charge is 0.625 e. The minimum absolute atomic E-state index is 0.336. The molecule has 2 heterocycles. The first kappa shape index (κ1) is 22.0. The van der Waals surface area contributed by atoms with Crippen LogP contribution in [0.5, 0.6) is 5.75 Å². The van der Waals surface area contributed by atoms with Crippen molar-refractivity contribution in [2.75, 3.05) is 70.7 Å². The van der Waals surface area contributed by atoms with Gasteiger partial charge in [0.25, 0.3) is 0 Å². The predicted octanol–water partition coefficient (Wildman–Crippen LogP) is 2.43. The fourth-order valence-electron chi connectivity index (χ4n) is 3.62. The molecule has 8 nitrogen and oxygen atoms in total. The van der Waals surface area contributed by atoms with Crippen molar-refractivity contribution in [3.05, 3.63) is 53.4 Å². The number of benzene rings is 1. The summed E-state index contributed by atoms with van der Waals surface area (Å²) in [5.41, 5.74) is 1.48. The Morgan fingerprint density at radius 1 is 1.17 bits per heavy atom. The number of hydrogen-bond acceptors (Lipinski definition) is 7. The number of piperazine rings is 1. The van der Waals surface area contributed by atoms with Crippen molar-refractivity contribution in [3.63, 3.8) is 0 Å². The van der Waals surface area contributed by atoms with Gasteiger partial charge in [0.2, 0.25) is 0 Å². The molecule has 1 N–H and O–H groups in total. The second-order valence-corrected chi connectivity index (χ2v) is 7.84. The van der Waals surface area contributed by atoms with E-state index in [0.717, 1.165) is 50.6 Å². The number of rotatable bonds is 8. The Hall–Kier alpha value is -2.68. The molecular formula is C22H31N5O3. The van der Waals surface area contributed by atoms with Gasteiger partial charge in [0.1, 0.15) is 17.1 Å². The highest BCUT2D eigenvalue weighted by Gasteiger charge is 2.23. The second kappa shape index (κ2) is 9.88. The first-order valence-corrected chi connectivity index (χ1v) is 10.3. The Labute approximate surface area is 178 Å². The van der Waals surface area contributed by atoms with Gasteiger partial charge in [-0.15, -0.1) is 0 Å². The third kappa shape index (κ3) is 5.47. The zero-order valence-corrected chi connectivity index (χ0v) is 18.0. The average molecular weight is 414 g/mol. The Bertz CT molecular complexity index is 845. The number of amides is 1. The Morgan fingerprint density at radius 3 is 2.60 bits per heavy atom. The van der Waals surface area contributed by atoms with Crippen molar-refractivity contribution < 1.29 is 14.2 Å². The van der Waals surface area contributed by atoms with Crippen molar-refractivity contribution in [2.24, 2.45) is 0 Å². The quantitative estimate of drug-likeness (QED) is 0.404. The summed E-state index contributed by atoms with van der Waals surface area (Å²) in [7, 11) is 4.35. The minimum atomic E-state index is -1.00. The summed E-state index contributed by atoms with van der Waals surface area (Å²) in [6, 6.07) is 11.5. The normalized spacial score (nSPS) is 15.1. The number of aromatic nitrogens is 1. The van der Waals surface area contributed by atoms with E-state index in [9.17, 15) is 10.0 Å². The number of methoxy groups -OCH3 is 1. The standard InChI is InChI=1S/C22H31N5O3/c1-27(2,29)22(28)18-8-6-11-23-21(18)24-12-7-13-25-14-16-26(17-15-25)19-9-4-5-10-20(19)30-3/h4-6,8-11H,7,12-17H2,1-3H3,(H,23,24). The van der Waals surface area contributed by atoms with E-state index in [1.807, 2.05) is 18.2 Å². The lowest BCUT2D eigenvalue weighted by Crippen LogP contribution is -2.47. The van der Waals surface area contributed by atoms with E-state index in [-0.39, 0.29) is 0 Å². The summed E-state index contributed by atoms with van der Waals surface area (Å²) >= 11 is 0. The summed E-state index contributed by atoms with van der Waals surface area (Å²) in [5.74, 6) is 0.888. The fraction of sp³-hybridized carbons (Fsp3) is 0.455. The Morgan fingerprint density at radius 2 is 1.90 bits per heavy atom. The van der Waals surface area contributed by atoms with Gasteiger partial charge in [-0.05, 0) is 37.2 Å². The molecule has 0 unspecified atom stereocenters. The molecule has 8 heteroatoms. The number of anilines is 2. The van der Waals surface area contributed by atoms with Crippen LogP contribution in [0.25, 0.3) is 0 Å². The molecule has 162 valence electrons. The molecular weight excluding hydrogens is 382 g/mol.